The van der Waals surface area contributed by atoms with E-state index in [4.69, 9.17) is 10.5 Å². The van der Waals surface area contributed by atoms with E-state index in [1.807, 2.05) is 18.2 Å². The fourth-order valence-corrected chi connectivity index (χ4v) is 2.07. The molecule has 2 aromatic rings. The molecule has 0 unspecified atom stereocenters. The van der Waals surface area contributed by atoms with Gasteiger partial charge in [0.15, 0.2) is 0 Å². The molecule has 1 heterocycles. The molecule has 0 aliphatic heterocycles. The summed E-state index contributed by atoms with van der Waals surface area (Å²) in [4.78, 5) is 18.7. The standard InChI is InChI=1S/C15H18N4O2/c16-11-2-1-3-12(8-11)21-7-6-17-13-9-14(20)19-15(18-13)10-4-5-10/h1-3,8-10H,4-7,16H2,(H2,17,18,19,20). The van der Waals surface area contributed by atoms with Gasteiger partial charge >= 0.3 is 0 Å². The second-order valence-corrected chi connectivity index (χ2v) is 5.14. The highest BCUT2D eigenvalue weighted by Gasteiger charge is 2.26. The van der Waals surface area contributed by atoms with Gasteiger partial charge in [-0.25, -0.2) is 4.98 Å². The van der Waals surface area contributed by atoms with Gasteiger partial charge in [0.05, 0.1) is 6.54 Å². The van der Waals surface area contributed by atoms with Gasteiger partial charge in [0, 0.05) is 23.7 Å². The first-order chi connectivity index (χ1) is 10.2. The molecule has 0 saturated heterocycles. The van der Waals surface area contributed by atoms with Crippen molar-refractivity contribution < 1.29 is 4.74 Å². The van der Waals surface area contributed by atoms with Gasteiger partial charge in [-0.15, -0.1) is 0 Å². The van der Waals surface area contributed by atoms with Crippen LogP contribution in [0.2, 0.25) is 0 Å². The molecule has 6 heteroatoms. The molecule has 1 aliphatic carbocycles. The van der Waals surface area contributed by atoms with Crippen LogP contribution in [0.5, 0.6) is 5.75 Å². The second kappa shape index (κ2) is 5.87. The Balaban J connectivity index is 1.52. The van der Waals surface area contributed by atoms with Crippen molar-refractivity contribution in [1.82, 2.24) is 9.97 Å². The highest BCUT2D eigenvalue weighted by Crippen LogP contribution is 2.37. The van der Waals surface area contributed by atoms with Crippen LogP contribution in [0.15, 0.2) is 35.1 Å². The van der Waals surface area contributed by atoms with Crippen molar-refractivity contribution in [1.29, 1.82) is 0 Å². The van der Waals surface area contributed by atoms with Gasteiger partial charge in [-0.2, -0.15) is 0 Å². The molecule has 0 radical (unpaired) electrons. The lowest BCUT2D eigenvalue weighted by molar-refractivity contribution is 0.333. The number of nitrogens with one attached hydrogen (secondary N) is 2. The van der Waals surface area contributed by atoms with Crippen LogP contribution >= 0.6 is 0 Å². The molecule has 6 nitrogen and oxygen atoms in total. The summed E-state index contributed by atoms with van der Waals surface area (Å²) in [5, 5.41) is 3.11. The molecule has 0 bridgehead atoms. The maximum Gasteiger partial charge on any atom is 0.252 e. The zero-order valence-corrected chi connectivity index (χ0v) is 11.6. The van der Waals surface area contributed by atoms with Gasteiger partial charge in [0.25, 0.3) is 5.56 Å². The Labute approximate surface area is 122 Å². The maximum absolute atomic E-state index is 11.6. The molecule has 4 N–H and O–H groups in total. The SMILES string of the molecule is Nc1cccc(OCCNc2cc(=O)[nH]c(C3CC3)n2)c1. The van der Waals surface area contributed by atoms with Crippen LogP contribution in [0.25, 0.3) is 0 Å². The summed E-state index contributed by atoms with van der Waals surface area (Å²) >= 11 is 0. The molecule has 21 heavy (non-hydrogen) atoms. The summed E-state index contributed by atoms with van der Waals surface area (Å²) in [6.07, 6.45) is 2.20. The van der Waals surface area contributed by atoms with Crippen molar-refractivity contribution in [3.63, 3.8) is 0 Å². The Bertz CT molecular complexity index is 679. The predicted octanol–water partition coefficient (Wildman–Crippen LogP) is 1.72. The average molecular weight is 286 g/mol. The van der Waals surface area contributed by atoms with E-state index in [9.17, 15) is 4.79 Å². The van der Waals surface area contributed by atoms with E-state index in [1.165, 1.54) is 6.07 Å². The van der Waals surface area contributed by atoms with Crippen LogP contribution in [-0.4, -0.2) is 23.1 Å². The molecule has 0 atom stereocenters. The number of ether oxygens (including phenoxy) is 1. The quantitative estimate of drug-likeness (QED) is 0.555. The molecule has 0 spiro atoms. The van der Waals surface area contributed by atoms with Crippen LogP contribution in [0.4, 0.5) is 11.5 Å². The first-order valence-electron chi connectivity index (χ1n) is 7.04. The summed E-state index contributed by atoms with van der Waals surface area (Å²) in [7, 11) is 0. The van der Waals surface area contributed by atoms with Crippen LogP contribution in [0, 0.1) is 0 Å². The number of nitrogen functional groups attached to an aromatic ring is 1. The normalized spacial score (nSPS) is 13.9. The molecule has 1 saturated carbocycles. The van der Waals surface area contributed by atoms with E-state index < -0.39 is 0 Å². The van der Waals surface area contributed by atoms with Gasteiger partial charge in [0.1, 0.15) is 24.0 Å². The number of nitrogens with two attached hydrogens (primary N) is 1. The third-order valence-electron chi connectivity index (χ3n) is 3.26. The molecule has 110 valence electrons. The molecule has 0 amide bonds. The van der Waals surface area contributed by atoms with Crippen molar-refractivity contribution in [2.24, 2.45) is 0 Å². The zero-order chi connectivity index (χ0) is 14.7. The number of aromatic amines is 1. The number of anilines is 2. The van der Waals surface area contributed by atoms with Gasteiger partial charge in [-0.1, -0.05) is 6.07 Å². The minimum Gasteiger partial charge on any atom is -0.492 e. The van der Waals surface area contributed by atoms with Crippen LogP contribution in [-0.2, 0) is 0 Å². The number of H-pyrrole nitrogens is 1. The first kappa shape index (κ1) is 13.5. The van der Waals surface area contributed by atoms with Gasteiger partial charge in [-0.3, -0.25) is 4.79 Å². The molecule has 3 rings (SSSR count). The van der Waals surface area contributed by atoms with Crippen molar-refractivity contribution in [3.05, 3.63) is 46.5 Å². The Kier molecular flexibility index (Phi) is 3.77. The Morgan fingerprint density at radius 1 is 1.38 bits per heavy atom. The highest BCUT2D eigenvalue weighted by molar-refractivity contribution is 5.43. The summed E-state index contributed by atoms with van der Waals surface area (Å²) < 4.78 is 5.57. The van der Waals surface area contributed by atoms with Crippen molar-refractivity contribution in [2.75, 3.05) is 24.2 Å². The molecule has 1 aromatic heterocycles. The number of aromatic nitrogens is 2. The van der Waals surface area contributed by atoms with Gasteiger partial charge in [0.2, 0.25) is 0 Å². The van der Waals surface area contributed by atoms with E-state index in [2.05, 4.69) is 15.3 Å². The predicted molar refractivity (Wildman–Crippen MR) is 81.7 cm³/mol. The van der Waals surface area contributed by atoms with E-state index in [0.717, 1.165) is 24.4 Å². The van der Waals surface area contributed by atoms with Crippen LogP contribution in [0.3, 0.4) is 0 Å². The minimum absolute atomic E-state index is 0.119. The fraction of sp³-hybridized carbons (Fsp3) is 0.333. The molecular formula is C15H18N4O2. The second-order valence-electron chi connectivity index (χ2n) is 5.14. The lowest BCUT2D eigenvalue weighted by atomic mass is 10.3. The molecule has 1 aromatic carbocycles. The summed E-state index contributed by atoms with van der Waals surface area (Å²) in [6.45, 7) is 1.03. The van der Waals surface area contributed by atoms with E-state index in [1.54, 1.807) is 6.07 Å². The number of nitrogens with zero attached hydrogens (tertiary/aromatic N) is 1. The number of hydrogen-bond donors (Lipinski definition) is 3. The van der Waals surface area contributed by atoms with Crippen molar-refractivity contribution in [2.45, 2.75) is 18.8 Å². The van der Waals surface area contributed by atoms with E-state index >= 15 is 0 Å². The van der Waals surface area contributed by atoms with Crippen molar-refractivity contribution >= 4 is 11.5 Å². The van der Waals surface area contributed by atoms with Gasteiger partial charge < -0.3 is 20.8 Å². The van der Waals surface area contributed by atoms with Crippen LogP contribution < -0.4 is 21.3 Å². The maximum atomic E-state index is 11.6. The third-order valence-corrected chi connectivity index (χ3v) is 3.26. The van der Waals surface area contributed by atoms with E-state index in [0.29, 0.717) is 30.6 Å². The minimum atomic E-state index is -0.119. The molecular weight excluding hydrogens is 268 g/mol. The number of rotatable bonds is 6. The Morgan fingerprint density at radius 2 is 2.24 bits per heavy atom. The fourth-order valence-electron chi connectivity index (χ4n) is 2.07. The third kappa shape index (κ3) is 3.75. The Morgan fingerprint density at radius 3 is 3.00 bits per heavy atom. The number of benzene rings is 1. The lowest BCUT2D eigenvalue weighted by Crippen LogP contribution is -2.17. The van der Waals surface area contributed by atoms with Crippen LogP contribution in [0.1, 0.15) is 24.6 Å². The zero-order valence-electron chi connectivity index (χ0n) is 11.6. The summed E-state index contributed by atoms with van der Waals surface area (Å²) in [6, 6.07) is 8.75. The topological polar surface area (TPSA) is 93.0 Å². The lowest BCUT2D eigenvalue weighted by Gasteiger charge is -2.09. The summed E-state index contributed by atoms with van der Waals surface area (Å²) in [5.41, 5.74) is 6.23. The largest absolute Gasteiger partial charge is 0.492 e. The highest BCUT2D eigenvalue weighted by atomic mass is 16.5. The summed E-state index contributed by atoms with van der Waals surface area (Å²) in [5.74, 6) is 2.52. The molecule has 1 fully saturated rings. The molecule has 1 aliphatic rings. The number of hydrogen-bond acceptors (Lipinski definition) is 5. The van der Waals surface area contributed by atoms with E-state index in [-0.39, 0.29) is 5.56 Å². The Hall–Kier alpha value is -2.50. The first-order valence-corrected chi connectivity index (χ1v) is 7.04. The smallest absolute Gasteiger partial charge is 0.252 e. The monoisotopic (exact) mass is 286 g/mol. The van der Waals surface area contributed by atoms with Gasteiger partial charge in [-0.05, 0) is 25.0 Å². The average Bonchev–Trinajstić information content (AvgIpc) is 3.28. The van der Waals surface area contributed by atoms with Crippen molar-refractivity contribution in [3.8, 4) is 5.75 Å².